The SMILES string of the molecule is Cc1cc(C(=O)N2CCC[C@@H]3[C@H]2CCCCc2ccccc2OCC(=O)N3C)nc(N)n1. The van der Waals surface area contributed by atoms with E-state index in [0.29, 0.717) is 17.9 Å². The zero-order valence-electron chi connectivity index (χ0n) is 18.8. The van der Waals surface area contributed by atoms with Crippen LogP contribution in [-0.4, -0.2) is 63.9 Å². The number of likely N-dealkylation sites (N-methyl/N-ethyl adjacent to an activating group) is 1. The summed E-state index contributed by atoms with van der Waals surface area (Å²) in [5.74, 6) is 0.658. The third-order valence-corrected chi connectivity index (χ3v) is 6.51. The molecule has 0 unspecified atom stereocenters. The number of carbonyl (C=O) groups is 2. The van der Waals surface area contributed by atoms with Crippen molar-refractivity contribution in [2.45, 2.75) is 57.5 Å². The standard InChI is InChI=1S/C24H31N5O3/c1-16-14-18(27-24(25)26-16)23(31)29-13-7-11-19-20(29)10-5-3-8-17-9-4-6-12-21(17)32-15-22(30)28(19)2/h4,6,9,12,14,19-20H,3,5,7-8,10-11,13,15H2,1-2H3,(H2,25,26,27)/t19-,20-/m1/s1. The van der Waals surface area contributed by atoms with E-state index < -0.39 is 0 Å². The molecule has 1 aromatic heterocycles. The monoisotopic (exact) mass is 437 g/mol. The van der Waals surface area contributed by atoms with Gasteiger partial charge in [-0.2, -0.15) is 0 Å². The third kappa shape index (κ3) is 4.69. The van der Waals surface area contributed by atoms with Crippen molar-refractivity contribution >= 4 is 17.8 Å². The van der Waals surface area contributed by atoms with Crippen molar-refractivity contribution in [1.29, 1.82) is 0 Å². The molecule has 1 saturated heterocycles. The van der Waals surface area contributed by atoms with E-state index in [4.69, 9.17) is 10.5 Å². The maximum absolute atomic E-state index is 13.4. The Morgan fingerprint density at radius 1 is 1.12 bits per heavy atom. The van der Waals surface area contributed by atoms with Crippen LogP contribution in [0.3, 0.4) is 0 Å². The fourth-order valence-corrected chi connectivity index (χ4v) is 4.88. The highest BCUT2D eigenvalue weighted by molar-refractivity contribution is 5.93. The predicted octanol–water partition coefficient (Wildman–Crippen LogP) is 2.60. The first-order valence-electron chi connectivity index (χ1n) is 11.3. The Morgan fingerprint density at radius 3 is 2.72 bits per heavy atom. The molecule has 2 aliphatic rings. The number of ether oxygens (including phenoxy) is 1. The summed E-state index contributed by atoms with van der Waals surface area (Å²) in [5.41, 5.74) is 7.88. The van der Waals surface area contributed by atoms with Crippen LogP contribution in [0.1, 0.15) is 53.8 Å². The fourth-order valence-electron chi connectivity index (χ4n) is 4.88. The molecule has 0 bridgehead atoms. The number of likely N-dealkylation sites (tertiary alicyclic amines) is 1. The van der Waals surface area contributed by atoms with E-state index in [2.05, 4.69) is 16.0 Å². The number of hydrogen-bond acceptors (Lipinski definition) is 6. The summed E-state index contributed by atoms with van der Waals surface area (Å²) in [7, 11) is 1.82. The maximum atomic E-state index is 13.4. The maximum Gasteiger partial charge on any atom is 0.272 e. The molecule has 170 valence electrons. The summed E-state index contributed by atoms with van der Waals surface area (Å²) in [5, 5.41) is 0. The average molecular weight is 438 g/mol. The molecule has 2 amide bonds. The number of carbonyl (C=O) groups excluding carboxylic acids is 2. The van der Waals surface area contributed by atoms with Gasteiger partial charge in [-0.15, -0.1) is 0 Å². The van der Waals surface area contributed by atoms with Gasteiger partial charge in [0.15, 0.2) is 6.61 Å². The summed E-state index contributed by atoms with van der Waals surface area (Å²) in [6.45, 7) is 2.44. The number of piperidine rings is 1. The molecule has 2 aliphatic heterocycles. The van der Waals surface area contributed by atoms with Gasteiger partial charge in [-0.3, -0.25) is 9.59 Å². The van der Waals surface area contributed by atoms with Crippen molar-refractivity contribution in [3.05, 3.63) is 47.3 Å². The molecule has 0 spiro atoms. The first-order chi connectivity index (χ1) is 15.4. The van der Waals surface area contributed by atoms with Gasteiger partial charge in [0.05, 0.1) is 12.1 Å². The number of rotatable bonds is 1. The third-order valence-electron chi connectivity index (χ3n) is 6.51. The number of nitrogens with two attached hydrogens (primary N) is 1. The lowest BCUT2D eigenvalue weighted by Crippen LogP contribution is -2.58. The van der Waals surface area contributed by atoms with E-state index in [1.54, 1.807) is 17.9 Å². The predicted molar refractivity (Wildman–Crippen MR) is 121 cm³/mol. The number of hydrogen-bond donors (Lipinski definition) is 1. The van der Waals surface area contributed by atoms with Crippen LogP contribution in [0.15, 0.2) is 30.3 Å². The molecule has 2 atom stereocenters. The molecular weight excluding hydrogens is 406 g/mol. The Labute approximate surface area is 188 Å². The molecule has 8 nitrogen and oxygen atoms in total. The van der Waals surface area contributed by atoms with Gasteiger partial charge in [0.1, 0.15) is 11.4 Å². The van der Waals surface area contributed by atoms with Crippen LogP contribution in [0.4, 0.5) is 5.95 Å². The van der Waals surface area contributed by atoms with Crippen molar-refractivity contribution in [2.75, 3.05) is 25.9 Å². The Kier molecular flexibility index (Phi) is 6.58. The molecule has 1 fully saturated rings. The largest absolute Gasteiger partial charge is 0.483 e. The zero-order valence-corrected chi connectivity index (χ0v) is 18.8. The number of benzene rings is 1. The van der Waals surface area contributed by atoms with Crippen LogP contribution in [0.5, 0.6) is 5.75 Å². The van der Waals surface area contributed by atoms with Gasteiger partial charge in [-0.25, -0.2) is 9.97 Å². The summed E-state index contributed by atoms with van der Waals surface area (Å²) in [6.07, 6.45) is 5.34. The smallest absolute Gasteiger partial charge is 0.272 e. The lowest BCUT2D eigenvalue weighted by atomic mass is 9.89. The molecule has 2 N–H and O–H groups in total. The normalized spacial score (nSPS) is 22.1. The minimum atomic E-state index is -0.147. The van der Waals surface area contributed by atoms with Crippen LogP contribution in [0, 0.1) is 6.92 Å². The molecule has 0 saturated carbocycles. The van der Waals surface area contributed by atoms with Crippen molar-refractivity contribution < 1.29 is 14.3 Å². The molecule has 2 aromatic rings. The molecule has 1 aromatic carbocycles. The second-order valence-electron chi connectivity index (χ2n) is 8.68. The van der Waals surface area contributed by atoms with Gasteiger partial charge in [0.25, 0.3) is 11.8 Å². The Morgan fingerprint density at radius 2 is 1.91 bits per heavy atom. The quantitative estimate of drug-likeness (QED) is 0.736. The highest BCUT2D eigenvalue weighted by atomic mass is 16.5. The van der Waals surface area contributed by atoms with E-state index in [0.717, 1.165) is 49.8 Å². The number of fused-ring (bicyclic) bond motifs is 2. The van der Waals surface area contributed by atoms with Crippen LogP contribution in [-0.2, 0) is 11.2 Å². The number of amides is 2. The molecular formula is C24H31N5O3. The van der Waals surface area contributed by atoms with Crippen LogP contribution in [0.2, 0.25) is 0 Å². The molecule has 32 heavy (non-hydrogen) atoms. The zero-order chi connectivity index (χ0) is 22.7. The number of aromatic nitrogens is 2. The molecule has 3 heterocycles. The van der Waals surface area contributed by atoms with E-state index in [-0.39, 0.29) is 36.5 Å². The fraction of sp³-hybridized carbons (Fsp3) is 0.500. The highest BCUT2D eigenvalue weighted by Crippen LogP contribution is 2.29. The van der Waals surface area contributed by atoms with Gasteiger partial charge < -0.3 is 20.3 Å². The summed E-state index contributed by atoms with van der Waals surface area (Å²) in [6, 6.07) is 9.45. The van der Waals surface area contributed by atoms with E-state index in [1.165, 1.54) is 0 Å². The second kappa shape index (κ2) is 9.54. The topological polar surface area (TPSA) is 102 Å². The summed E-state index contributed by atoms with van der Waals surface area (Å²) in [4.78, 5) is 38.4. The highest BCUT2D eigenvalue weighted by Gasteiger charge is 2.38. The summed E-state index contributed by atoms with van der Waals surface area (Å²) >= 11 is 0. The van der Waals surface area contributed by atoms with E-state index >= 15 is 0 Å². The van der Waals surface area contributed by atoms with Crippen LogP contribution < -0.4 is 10.5 Å². The van der Waals surface area contributed by atoms with E-state index in [1.807, 2.05) is 30.1 Å². The van der Waals surface area contributed by atoms with Gasteiger partial charge >= 0.3 is 0 Å². The molecule has 8 heteroatoms. The first kappa shape index (κ1) is 22.0. The van der Waals surface area contributed by atoms with Gasteiger partial charge in [-0.1, -0.05) is 24.6 Å². The van der Waals surface area contributed by atoms with Crippen molar-refractivity contribution in [2.24, 2.45) is 0 Å². The number of anilines is 1. The van der Waals surface area contributed by atoms with Gasteiger partial charge in [-0.05, 0) is 56.7 Å². The number of nitrogens with zero attached hydrogens (tertiary/aromatic N) is 4. The van der Waals surface area contributed by atoms with Crippen molar-refractivity contribution in [1.82, 2.24) is 19.8 Å². The van der Waals surface area contributed by atoms with E-state index in [9.17, 15) is 9.59 Å². The van der Waals surface area contributed by atoms with Crippen LogP contribution in [0.25, 0.3) is 0 Å². The molecule has 0 radical (unpaired) electrons. The lowest BCUT2D eigenvalue weighted by Gasteiger charge is -2.45. The minimum Gasteiger partial charge on any atom is -0.483 e. The number of aryl methyl sites for hydroxylation is 2. The average Bonchev–Trinajstić information content (AvgIpc) is 2.78. The molecule has 4 rings (SSSR count). The summed E-state index contributed by atoms with van der Waals surface area (Å²) < 4.78 is 5.89. The molecule has 0 aliphatic carbocycles. The number of para-hydroxylation sites is 1. The Bertz CT molecular complexity index is 975. The second-order valence-corrected chi connectivity index (χ2v) is 8.68. The Balaban J connectivity index is 1.60. The van der Waals surface area contributed by atoms with Crippen molar-refractivity contribution in [3.63, 3.8) is 0 Å². The van der Waals surface area contributed by atoms with Crippen LogP contribution >= 0.6 is 0 Å². The van der Waals surface area contributed by atoms with Crippen molar-refractivity contribution in [3.8, 4) is 5.75 Å². The number of nitrogen functional groups attached to an aromatic ring is 1. The lowest BCUT2D eigenvalue weighted by molar-refractivity contribution is -0.136. The van der Waals surface area contributed by atoms with Gasteiger partial charge in [0, 0.05) is 19.3 Å². The Hall–Kier alpha value is -3.16. The van der Waals surface area contributed by atoms with Gasteiger partial charge in [0.2, 0.25) is 5.95 Å². The minimum absolute atomic E-state index is 0.00762. The first-order valence-corrected chi connectivity index (χ1v) is 11.3.